The molecule has 0 saturated heterocycles. The summed E-state index contributed by atoms with van der Waals surface area (Å²) in [4.78, 5) is 13.0. The predicted octanol–water partition coefficient (Wildman–Crippen LogP) is 4.01. The zero-order valence-electron chi connectivity index (χ0n) is 18.0. The summed E-state index contributed by atoms with van der Waals surface area (Å²) >= 11 is 1.40. The minimum absolute atomic E-state index is 0.0707. The molecule has 1 unspecified atom stereocenters. The summed E-state index contributed by atoms with van der Waals surface area (Å²) in [5.41, 5.74) is 2.70. The fourth-order valence-electron chi connectivity index (χ4n) is 3.74. The van der Waals surface area contributed by atoms with Crippen molar-refractivity contribution in [1.82, 2.24) is 19.3 Å². The summed E-state index contributed by atoms with van der Waals surface area (Å²) in [6.07, 6.45) is 1.68. The van der Waals surface area contributed by atoms with Crippen LogP contribution in [0.4, 0.5) is 0 Å². The van der Waals surface area contributed by atoms with Crippen LogP contribution in [0.15, 0.2) is 48.1 Å². The first-order chi connectivity index (χ1) is 15.0. The molecule has 4 rings (SSSR count). The van der Waals surface area contributed by atoms with E-state index in [1.807, 2.05) is 55.7 Å². The maximum absolute atomic E-state index is 13.0. The lowest BCUT2D eigenvalue weighted by molar-refractivity contribution is 0.0777. The Morgan fingerprint density at radius 1 is 1.23 bits per heavy atom. The third-order valence-electron chi connectivity index (χ3n) is 5.37. The number of carbonyl (C=O) groups excluding carboxylic acids is 1. The monoisotopic (exact) mass is 438 g/mol. The molecule has 2 aromatic heterocycles. The summed E-state index contributed by atoms with van der Waals surface area (Å²) in [5, 5.41) is 9.01. The van der Waals surface area contributed by atoms with Gasteiger partial charge < -0.3 is 18.6 Å². The minimum atomic E-state index is -0.113. The maximum atomic E-state index is 13.0. The number of aromatic nitrogens is 4. The molecule has 0 aliphatic carbocycles. The highest BCUT2D eigenvalue weighted by Gasteiger charge is 2.24. The number of aryl methyl sites for hydroxylation is 2. The molecule has 1 aromatic carbocycles. The molecule has 0 saturated carbocycles. The van der Waals surface area contributed by atoms with Crippen LogP contribution < -0.4 is 9.47 Å². The Bertz CT molecular complexity index is 1120. The largest absolute Gasteiger partial charge is 0.486 e. The molecule has 0 spiro atoms. The highest BCUT2D eigenvalue weighted by molar-refractivity contribution is 7.99. The molecule has 0 N–H and O–H groups in total. The van der Waals surface area contributed by atoms with Gasteiger partial charge in [0.05, 0.1) is 12.3 Å². The molecule has 1 aliphatic rings. The van der Waals surface area contributed by atoms with E-state index in [9.17, 15) is 4.79 Å². The topological polar surface area (TPSA) is 71.2 Å². The Balaban J connectivity index is 1.44. The number of allylic oxidation sites excluding steroid dienone is 1. The van der Waals surface area contributed by atoms with E-state index in [1.54, 1.807) is 6.08 Å². The molecule has 7 nitrogen and oxygen atoms in total. The SMILES string of the molecule is C=CCn1c(C)nnc1SCC(=O)c1cc(C)n(CC2COc3ccccc3O2)c1C. The van der Waals surface area contributed by atoms with Crippen LogP contribution in [0.3, 0.4) is 0 Å². The van der Waals surface area contributed by atoms with Gasteiger partial charge in [-0.2, -0.15) is 0 Å². The molecule has 1 atom stereocenters. The second kappa shape index (κ2) is 9.01. The van der Waals surface area contributed by atoms with Crippen LogP contribution in [-0.2, 0) is 13.1 Å². The van der Waals surface area contributed by atoms with Crippen molar-refractivity contribution in [3.63, 3.8) is 0 Å². The lowest BCUT2D eigenvalue weighted by Crippen LogP contribution is -2.33. The Morgan fingerprint density at radius 3 is 2.77 bits per heavy atom. The van der Waals surface area contributed by atoms with E-state index in [0.29, 0.717) is 25.4 Å². The number of nitrogens with zero attached hydrogens (tertiary/aromatic N) is 4. The molecule has 0 bridgehead atoms. The zero-order valence-corrected chi connectivity index (χ0v) is 18.8. The molecule has 0 amide bonds. The first kappa shape index (κ1) is 21.2. The number of hydrogen-bond donors (Lipinski definition) is 0. The van der Waals surface area contributed by atoms with E-state index in [0.717, 1.165) is 39.4 Å². The third-order valence-corrected chi connectivity index (χ3v) is 6.34. The Morgan fingerprint density at radius 2 is 2.00 bits per heavy atom. The van der Waals surface area contributed by atoms with Crippen molar-refractivity contribution in [2.75, 3.05) is 12.4 Å². The second-order valence-corrected chi connectivity index (χ2v) is 8.48. The minimum Gasteiger partial charge on any atom is -0.486 e. The van der Waals surface area contributed by atoms with Crippen LogP contribution in [0.2, 0.25) is 0 Å². The third kappa shape index (κ3) is 4.39. The second-order valence-electron chi connectivity index (χ2n) is 7.53. The van der Waals surface area contributed by atoms with Crippen molar-refractivity contribution < 1.29 is 14.3 Å². The summed E-state index contributed by atoms with van der Waals surface area (Å²) in [6.45, 7) is 11.4. The normalized spacial score (nSPS) is 15.1. The zero-order chi connectivity index (χ0) is 22.0. The molecule has 3 heterocycles. The van der Waals surface area contributed by atoms with Crippen LogP contribution >= 0.6 is 11.8 Å². The Labute approximate surface area is 186 Å². The van der Waals surface area contributed by atoms with E-state index in [-0.39, 0.29) is 11.9 Å². The lowest BCUT2D eigenvalue weighted by Gasteiger charge is -2.27. The first-order valence-electron chi connectivity index (χ1n) is 10.2. The van der Waals surface area contributed by atoms with E-state index in [2.05, 4.69) is 21.3 Å². The summed E-state index contributed by atoms with van der Waals surface area (Å²) < 4.78 is 16.0. The van der Waals surface area contributed by atoms with Gasteiger partial charge in [0.2, 0.25) is 0 Å². The van der Waals surface area contributed by atoms with Gasteiger partial charge >= 0.3 is 0 Å². The van der Waals surface area contributed by atoms with Gasteiger partial charge in [-0.1, -0.05) is 30.0 Å². The van der Waals surface area contributed by atoms with Gasteiger partial charge in [0.1, 0.15) is 12.4 Å². The molecule has 8 heteroatoms. The van der Waals surface area contributed by atoms with E-state index >= 15 is 0 Å². The predicted molar refractivity (Wildman–Crippen MR) is 120 cm³/mol. The Hall–Kier alpha value is -3.00. The molecular weight excluding hydrogens is 412 g/mol. The molecule has 31 heavy (non-hydrogen) atoms. The van der Waals surface area contributed by atoms with Gasteiger partial charge in [-0.25, -0.2) is 0 Å². The number of carbonyl (C=O) groups is 1. The van der Waals surface area contributed by atoms with Crippen LogP contribution in [0, 0.1) is 20.8 Å². The quantitative estimate of drug-likeness (QED) is 0.301. The van der Waals surface area contributed by atoms with Crippen molar-refractivity contribution >= 4 is 17.5 Å². The van der Waals surface area contributed by atoms with Crippen molar-refractivity contribution in [1.29, 1.82) is 0 Å². The average molecular weight is 439 g/mol. The summed E-state index contributed by atoms with van der Waals surface area (Å²) in [7, 11) is 0. The van der Waals surface area contributed by atoms with Gasteiger partial charge in [-0.15, -0.1) is 16.8 Å². The Kier molecular flexibility index (Phi) is 6.18. The number of Topliss-reactive ketones (excluding diaryl/α,β-unsaturated/α-hetero) is 1. The smallest absolute Gasteiger partial charge is 0.191 e. The molecular formula is C23H26N4O3S. The number of fused-ring (bicyclic) bond motifs is 1. The van der Waals surface area contributed by atoms with E-state index in [1.165, 1.54) is 11.8 Å². The molecule has 162 valence electrons. The van der Waals surface area contributed by atoms with E-state index in [4.69, 9.17) is 9.47 Å². The van der Waals surface area contributed by atoms with Gasteiger partial charge in [-0.3, -0.25) is 4.79 Å². The van der Waals surface area contributed by atoms with Crippen molar-refractivity contribution in [2.45, 2.75) is 45.1 Å². The number of benzene rings is 1. The molecule has 1 aliphatic heterocycles. The number of hydrogen-bond acceptors (Lipinski definition) is 6. The highest BCUT2D eigenvalue weighted by Crippen LogP contribution is 2.31. The number of ether oxygens (including phenoxy) is 2. The van der Waals surface area contributed by atoms with Gasteiger partial charge in [0.25, 0.3) is 0 Å². The highest BCUT2D eigenvalue weighted by atomic mass is 32.2. The van der Waals surface area contributed by atoms with Crippen molar-refractivity contribution in [3.05, 3.63) is 65.8 Å². The number of thioether (sulfide) groups is 1. The first-order valence-corrected chi connectivity index (χ1v) is 11.2. The van der Waals surface area contributed by atoms with Gasteiger partial charge in [0.15, 0.2) is 28.5 Å². The van der Waals surface area contributed by atoms with Crippen LogP contribution in [0.5, 0.6) is 11.5 Å². The summed E-state index contributed by atoms with van der Waals surface area (Å²) in [6, 6.07) is 9.64. The molecule has 3 aromatic rings. The van der Waals surface area contributed by atoms with Gasteiger partial charge in [-0.05, 0) is 39.0 Å². The van der Waals surface area contributed by atoms with Crippen LogP contribution in [-0.4, -0.2) is 43.6 Å². The fourth-order valence-corrected chi connectivity index (χ4v) is 4.61. The van der Waals surface area contributed by atoms with Gasteiger partial charge in [0, 0.05) is 23.5 Å². The summed E-state index contributed by atoms with van der Waals surface area (Å²) in [5.74, 6) is 2.71. The maximum Gasteiger partial charge on any atom is 0.191 e. The number of ketones is 1. The number of para-hydroxylation sites is 2. The van der Waals surface area contributed by atoms with Crippen LogP contribution in [0.25, 0.3) is 0 Å². The standard InChI is InChI=1S/C23H26N4O3S/c1-5-10-26-17(4)24-25-23(26)31-14-20(28)19-11-15(2)27(16(19)3)12-18-13-29-21-8-6-7-9-22(21)30-18/h5-9,11,18H,1,10,12-14H2,2-4H3. The average Bonchev–Trinajstić information content (AvgIpc) is 3.26. The number of rotatable bonds is 8. The van der Waals surface area contributed by atoms with E-state index < -0.39 is 0 Å². The lowest BCUT2D eigenvalue weighted by atomic mass is 10.2. The fraction of sp³-hybridized carbons (Fsp3) is 0.348. The van der Waals surface area contributed by atoms with Crippen LogP contribution in [0.1, 0.15) is 27.6 Å². The van der Waals surface area contributed by atoms with Crippen molar-refractivity contribution in [3.8, 4) is 11.5 Å². The van der Waals surface area contributed by atoms with Crippen molar-refractivity contribution in [2.24, 2.45) is 0 Å². The molecule has 0 fully saturated rings. The molecule has 0 radical (unpaired) electrons.